The molecule has 0 aliphatic carbocycles. The summed E-state index contributed by atoms with van der Waals surface area (Å²) in [5.74, 6) is 0.185. The summed E-state index contributed by atoms with van der Waals surface area (Å²) >= 11 is 0. The van der Waals surface area contributed by atoms with Gasteiger partial charge in [0.1, 0.15) is 17.3 Å². The molecule has 0 radical (unpaired) electrons. The highest BCUT2D eigenvalue weighted by molar-refractivity contribution is 7.89. The molecular weight excluding hydrogens is 546 g/mol. The van der Waals surface area contributed by atoms with Crippen molar-refractivity contribution in [2.24, 2.45) is 5.73 Å². The van der Waals surface area contributed by atoms with Crippen LogP contribution in [0.3, 0.4) is 0 Å². The van der Waals surface area contributed by atoms with Gasteiger partial charge in [-0.25, -0.2) is 18.4 Å². The first-order valence-electron chi connectivity index (χ1n) is 13.6. The molecule has 0 bridgehead atoms. The van der Waals surface area contributed by atoms with Crippen molar-refractivity contribution in [3.8, 4) is 17.1 Å². The van der Waals surface area contributed by atoms with E-state index in [0.29, 0.717) is 68.6 Å². The third kappa shape index (κ3) is 6.12. The van der Waals surface area contributed by atoms with Crippen LogP contribution in [-0.4, -0.2) is 84.9 Å². The maximum absolute atomic E-state index is 13.6. The molecule has 0 atom stereocenters. The second-order valence-electron chi connectivity index (χ2n) is 10.2. The van der Waals surface area contributed by atoms with Crippen LogP contribution in [0.4, 0.5) is 5.69 Å². The standard InChI is InChI=1S/C28H35N7O5S/c1-3-40-24-10-9-21(41(38,39)34-15-13-32(2)14-16-34)17-22(24)27-30-23-19-33(12-11-25(29)36)35(26(23)28(37)31-27)18-20-7-5-4-6-8-20/h4-10,17H,3,11-16,18-19H2,1-2H3,(H2,29,36)(H,30,31,37). The molecule has 1 aromatic heterocycles. The number of primary amides is 1. The quantitative estimate of drug-likeness (QED) is 0.363. The number of hydrogen-bond acceptors (Lipinski definition) is 9. The molecular formula is C28H35N7O5S. The molecule has 0 saturated carbocycles. The normalized spacial score (nSPS) is 16.6. The van der Waals surface area contributed by atoms with Gasteiger partial charge in [0.25, 0.3) is 5.56 Å². The number of rotatable bonds is 10. The molecule has 3 heterocycles. The van der Waals surface area contributed by atoms with Gasteiger partial charge in [-0.1, -0.05) is 30.3 Å². The van der Waals surface area contributed by atoms with E-state index in [-0.39, 0.29) is 29.2 Å². The van der Waals surface area contributed by atoms with Crippen molar-refractivity contribution in [2.75, 3.05) is 51.4 Å². The summed E-state index contributed by atoms with van der Waals surface area (Å²) in [5.41, 5.74) is 7.30. The van der Waals surface area contributed by atoms with Crippen LogP contribution in [0, 0.1) is 0 Å². The Morgan fingerprint density at radius 1 is 1.10 bits per heavy atom. The number of hydrazine groups is 1. The fourth-order valence-corrected chi connectivity index (χ4v) is 6.55. The number of carbonyl (C=O) groups is 1. The first-order valence-corrected chi connectivity index (χ1v) is 15.0. The van der Waals surface area contributed by atoms with Crippen LogP contribution in [0.25, 0.3) is 11.4 Å². The maximum atomic E-state index is 13.6. The Hall–Kier alpha value is -3.78. The molecule has 2 aliphatic rings. The number of benzene rings is 2. The lowest BCUT2D eigenvalue weighted by Gasteiger charge is -2.31. The molecule has 2 aromatic carbocycles. The van der Waals surface area contributed by atoms with Crippen molar-refractivity contribution in [1.82, 2.24) is 24.2 Å². The van der Waals surface area contributed by atoms with Crippen molar-refractivity contribution in [1.29, 1.82) is 0 Å². The Morgan fingerprint density at radius 2 is 1.83 bits per heavy atom. The predicted molar refractivity (Wildman–Crippen MR) is 155 cm³/mol. The van der Waals surface area contributed by atoms with Crippen LogP contribution in [0.1, 0.15) is 24.6 Å². The Labute approximate surface area is 239 Å². The number of hydrogen-bond donors (Lipinski definition) is 2. The highest BCUT2D eigenvalue weighted by Gasteiger charge is 2.33. The number of nitrogens with two attached hydrogens (primary N) is 1. The van der Waals surface area contributed by atoms with E-state index in [1.807, 2.05) is 54.3 Å². The van der Waals surface area contributed by atoms with Crippen molar-refractivity contribution in [3.63, 3.8) is 0 Å². The van der Waals surface area contributed by atoms with Gasteiger partial charge in [0.05, 0.1) is 35.8 Å². The van der Waals surface area contributed by atoms with E-state index < -0.39 is 15.9 Å². The Kier molecular flexibility index (Phi) is 8.40. The van der Waals surface area contributed by atoms with Crippen molar-refractivity contribution in [2.45, 2.75) is 31.3 Å². The lowest BCUT2D eigenvalue weighted by atomic mass is 10.1. The number of fused-ring (bicyclic) bond motifs is 1. The topological polar surface area (TPSA) is 145 Å². The highest BCUT2D eigenvalue weighted by atomic mass is 32.2. The summed E-state index contributed by atoms with van der Waals surface area (Å²) in [6.45, 7) is 5.27. The minimum Gasteiger partial charge on any atom is -0.493 e. The summed E-state index contributed by atoms with van der Waals surface area (Å²) in [4.78, 5) is 35.0. The molecule has 13 heteroatoms. The van der Waals surface area contributed by atoms with E-state index in [4.69, 9.17) is 15.5 Å². The largest absolute Gasteiger partial charge is 0.493 e. The van der Waals surface area contributed by atoms with Gasteiger partial charge in [-0.05, 0) is 37.7 Å². The van der Waals surface area contributed by atoms with Crippen LogP contribution >= 0.6 is 0 Å². The SMILES string of the molecule is CCOc1ccc(S(=O)(=O)N2CCN(C)CC2)cc1-c1nc2c(c(=O)[nH]1)N(Cc1ccccc1)N(CCC(N)=O)C2. The highest BCUT2D eigenvalue weighted by Crippen LogP contribution is 2.34. The van der Waals surface area contributed by atoms with Gasteiger partial charge >= 0.3 is 0 Å². The van der Waals surface area contributed by atoms with E-state index in [1.54, 1.807) is 6.07 Å². The van der Waals surface area contributed by atoms with Crippen molar-refractivity contribution >= 4 is 21.6 Å². The Balaban J connectivity index is 1.54. The van der Waals surface area contributed by atoms with E-state index in [1.165, 1.54) is 16.4 Å². The summed E-state index contributed by atoms with van der Waals surface area (Å²) in [6.07, 6.45) is 0.116. The molecule has 1 fully saturated rings. The Morgan fingerprint density at radius 3 is 2.51 bits per heavy atom. The molecule has 1 saturated heterocycles. The van der Waals surface area contributed by atoms with Crippen LogP contribution in [0.2, 0.25) is 0 Å². The van der Waals surface area contributed by atoms with Gasteiger partial charge < -0.3 is 20.4 Å². The van der Waals surface area contributed by atoms with Crippen LogP contribution in [0.5, 0.6) is 5.75 Å². The molecule has 41 heavy (non-hydrogen) atoms. The zero-order valence-corrected chi connectivity index (χ0v) is 24.1. The van der Waals surface area contributed by atoms with Crippen LogP contribution < -0.4 is 21.0 Å². The fourth-order valence-electron chi connectivity index (χ4n) is 5.11. The zero-order valence-electron chi connectivity index (χ0n) is 23.2. The smallest absolute Gasteiger partial charge is 0.276 e. The summed E-state index contributed by atoms with van der Waals surface area (Å²) in [6, 6.07) is 14.3. The minimum atomic E-state index is -3.77. The van der Waals surface area contributed by atoms with Gasteiger partial charge in [0.15, 0.2) is 0 Å². The predicted octanol–water partition coefficient (Wildman–Crippen LogP) is 1.38. The lowest BCUT2D eigenvalue weighted by Crippen LogP contribution is -2.47. The number of likely N-dealkylation sites (N-methyl/N-ethyl adjacent to an activating group) is 1. The number of nitrogens with one attached hydrogen (secondary N) is 1. The molecule has 12 nitrogen and oxygen atoms in total. The van der Waals surface area contributed by atoms with Crippen molar-refractivity contribution in [3.05, 3.63) is 70.1 Å². The first kappa shape index (κ1) is 28.7. The fraction of sp³-hybridized carbons (Fsp3) is 0.393. The number of sulfonamides is 1. The third-order valence-corrected chi connectivity index (χ3v) is 9.19. The molecule has 2 aliphatic heterocycles. The molecule has 3 N–H and O–H groups in total. The molecule has 3 aromatic rings. The van der Waals surface area contributed by atoms with Gasteiger partial charge in [-0.3, -0.25) is 14.6 Å². The molecule has 0 unspecified atom stereocenters. The van der Waals surface area contributed by atoms with Crippen LogP contribution in [0.15, 0.2) is 58.2 Å². The number of anilines is 1. The van der Waals surface area contributed by atoms with E-state index in [0.717, 1.165) is 5.56 Å². The van der Waals surface area contributed by atoms with E-state index in [2.05, 4.69) is 9.88 Å². The number of nitrogens with zero attached hydrogens (tertiary/aromatic N) is 5. The van der Waals surface area contributed by atoms with Crippen molar-refractivity contribution < 1.29 is 17.9 Å². The van der Waals surface area contributed by atoms with Gasteiger partial charge in [-0.15, -0.1) is 0 Å². The number of ether oxygens (including phenoxy) is 1. The summed E-state index contributed by atoms with van der Waals surface area (Å²) in [7, 11) is -1.80. The first-order chi connectivity index (χ1) is 19.7. The number of aromatic amines is 1. The van der Waals surface area contributed by atoms with Gasteiger partial charge in [0.2, 0.25) is 15.9 Å². The summed E-state index contributed by atoms with van der Waals surface area (Å²) < 4.78 is 34.3. The monoisotopic (exact) mass is 581 g/mol. The van der Waals surface area contributed by atoms with Gasteiger partial charge in [0, 0.05) is 39.1 Å². The summed E-state index contributed by atoms with van der Waals surface area (Å²) in [5, 5.41) is 3.70. The van der Waals surface area contributed by atoms with Crippen LogP contribution in [-0.2, 0) is 27.9 Å². The van der Waals surface area contributed by atoms with Gasteiger partial charge in [-0.2, -0.15) is 4.31 Å². The minimum absolute atomic E-state index is 0.109. The molecule has 5 rings (SSSR count). The average molecular weight is 582 g/mol. The number of piperazine rings is 1. The second kappa shape index (κ2) is 12.0. The third-order valence-electron chi connectivity index (χ3n) is 7.30. The maximum Gasteiger partial charge on any atom is 0.276 e. The number of H-pyrrole nitrogens is 1. The Bertz CT molecular complexity index is 1570. The number of aromatic nitrogens is 2. The molecule has 0 spiro atoms. The van der Waals surface area contributed by atoms with E-state index in [9.17, 15) is 18.0 Å². The zero-order chi connectivity index (χ0) is 29.1. The number of amides is 1. The lowest BCUT2D eigenvalue weighted by molar-refractivity contribution is -0.118. The average Bonchev–Trinajstić information content (AvgIpc) is 3.30. The number of carbonyl (C=O) groups excluding carboxylic acids is 1. The second-order valence-corrected chi connectivity index (χ2v) is 12.1. The molecule has 1 amide bonds. The molecule has 218 valence electrons. The van der Waals surface area contributed by atoms with E-state index >= 15 is 0 Å².